The van der Waals surface area contributed by atoms with Crippen LogP contribution >= 0.6 is 0 Å². The predicted molar refractivity (Wildman–Crippen MR) is 112 cm³/mol. The van der Waals surface area contributed by atoms with Gasteiger partial charge >= 0.3 is 5.97 Å². The lowest BCUT2D eigenvalue weighted by Gasteiger charge is -2.10. The van der Waals surface area contributed by atoms with Crippen LogP contribution < -0.4 is 10.5 Å². The zero-order valence-corrected chi connectivity index (χ0v) is 16.5. The van der Waals surface area contributed by atoms with Gasteiger partial charge in [0.25, 0.3) is 0 Å². The van der Waals surface area contributed by atoms with E-state index in [1.54, 1.807) is 48.5 Å². The van der Waals surface area contributed by atoms with Gasteiger partial charge in [-0.05, 0) is 40.8 Å². The third kappa shape index (κ3) is 5.51. The Kier molecular flexibility index (Phi) is 6.43. The Balaban J connectivity index is 1.63. The molecule has 7 heteroatoms. The molecule has 3 aromatic carbocycles. The van der Waals surface area contributed by atoms with Crippen molar-refractivity contribution in [1.82, 2.24) is 4.72 Å². The maximum Gasteiger partial charge on any atom is 0.320 e. The van der Waals surface area contributed by atoms with E-state index < -0.39 is 22.0 Å². The van der Waals surface area contributed by atoms with E-state index >= 15 is 0 Å². The highest BCUT2D eigenvalue weighted by molar-refractivity contribution is 7.89. The number of nitrogens with one attached hydrogen (secondary N) is 1. The minimum absolute atomic E-state index is 0.133. The SMILES string of the molecule is N[C@@H](Cc1ccc(CNS(=O)(=O)c2ccc(-c3ccccc3)cc2)cc1)C(=O)O. The molecule has 0 bridgehead atoms. The number of nitrogens with two attached hydrogens (primary N) is 1. The molecule has 3 rings (SSSR count). The van der Waals surface area contributed by atoms with Crippen LogP contribution in [0.3, 0.4) is 0 Å². The fraction of sp³-hybridized carbons (Fsp3) is 0.136. The van der Waals surface area contributed by atoms with Crippen LogP contribution in [0.5, 0.6) is 0 Å². The smallest absolute Gasteiger partial charge is 0.320 e. The molecule has 6 nitrogen and oxygen atoms in total. The molecule has 0 aliphatic rings. The lowest BCUT2D eigenvalue weighted by atomic mass is 10.0. The molecule has 0 unspecified atom stereocenters. The lowest BCUT2D eigenvalue weighted by Crippen LogP contribution is -2.32. The fourth-order valence-electron chi connectivity index (χ4n) is 2.85. The monoisotopic (exact) mass is 410 g/mol. The zero-order chi connectivity index (χ0) is 20.9. The van der Waals surface area contributed by atoms with Gasteiger partial charge in [0.05, 0.1) is 4.90 Å². The number of sulfonamides is 1. The third-order valence-corrected chi connectivity index (χ3v) is 5.95. The molecule has 0 aliphatic carbocycles. The highest BCUT2D eigenvalue weighted by Gasteiger charge is 2.14. The second-order valence-corrected chi connectivity index (χ2v) is 8.45. The summed E-state index contributed by atoms with van der Waals surface area (Å²) >= 11 is 0. The van der Waals surface area contributed by atoms with Crippen LogP contribution in [0.15, 0.2) is 83.8 Å². The van der Waals surface area contributed by atoms with Crippen LogP contribution in [-0.4, -0.2) is 25.5 Å². The highest BCUT2D eigenvalue weighted by atomic mass is 32.2. The molecule has 1 atom stereocenters. The van der Waals surface area contributed by atoms with Gasteiger partial charge in [-0.1, -0.05) is 66.7 Å². The Morgan fingerprint density at radius 3 is 2.00 bits per heavy atom. The summed E-state index contributed by atoms with van der Waals surface area (Å²) < 4.78 is 27.7. The molecule has 0 aliphatic heterocycles. The van der Waals surface area contributed by atoms with Crippen LogP contribution in [0.2, 0.25) is 0 Å². The Labute approximate surface area is 170 Å². The average molecular weight is 410 g/mol. The summed E-state index contributed by atoms with van der Waals surface area (Å²) in [4.78, 5) is 11.0. The molecule has 0 fully saturated rings. The van der Waals surface area contributed by atoms with Gasteiger partial charge in [-0.2, -0.15) is 0 Å². The van der Waals surface area contributed by atoms with Crippen molar-refractivity contribution in [2.45, 2.75) is 23.9 Å². The number of carbonyl (C=O) groups is 1. The van der Waals surface area contributed by atoms with Crippen molar-refractivity contribution in [2.75, 3.05) is 0 Å². The Morgan fingerprint density at radius 1 is 0.862 bits per heavy atom. The molecular formula is C22H22N2O4S. The maximum absolute atomic E-state index is 12.5. The van der Waals surface area contributed by atoms with E-state index in [0.717, 1.165) is 22.3 Å². The molecule has 150 valence electrons. The molecule has 0 heterocycles. The molecule has 0 radical (unpaired) electrons. The van der Waals surface area contributed by atoms with Crippen molar-refractivity contribution in [1.29, 1.82) is 0 Å². The van der Waals surface area contributed by atoms with E-state index in [0.29, 0.717) is 0 Å². The van der Waals surface area contributed by atoms with Gasteiger partial charge in [0, 0.05) is 6.54 Å². The molecule has 0 amide bonds. The first-order valence-electron chi connectivity index (χ1n) is 9.06. The first kappa shape index (κ1) is 20.7. The summed E-state index contributed by atoms with van der Waals surface area (Å²) in [5.41, 5.74) is 9.03. The average Bonchev–Trinajstić information content (AvgIpc) is 2.74. The van der Waals surface area contributed by atoms with Gasteiger partial charge < -0.3 is 10.8 Å². The molecular weight excluding hydrogens is 388 g/mol. The topological polar surface area (TPSA) is 109 Å². The molecule has 0 spiro atoms. The summed E-state index contributed by atoms with van der Waals surface area (Å²) in [5.74, 6) is -1.06. The van der Waals surface area contributed by atoms with Gasteiger partial charge in [-0.15, -0.1) is 0 Å². The van der Waals surface area contributed by atoms with E-state index in [1.807, 2.05) is 30.3 Å². The Bertz CT molecular complexity index is 1060. The normalized spacial score (nSPS) is 12.4. The van der Waals surface area contributed by atoms with E-state index in [2.05, 4.69) is 4.72 Å². The Hall–Kier alpha value is -3.00. The number of benzene rings is 3. The number of hydrogen-bond donors (Lipinski definition) is 3. The van der Waals surface area contributed by atoms with Crippen LogP contribution in [0, 0.1) is 0 Å². The van der Waals surface area contributed by atoms with Crippen molar-refractivity contribution in [3.63, 3.8) is 0 Å². The first-order chi connectivity index (χ1) is 13.8. The third-order valence-electron chi connectivity index (χ3n) is 4.53. The molecule has 4 N–H and O–H groups in total. The molecule has 0 saturated carbocycles. The van der Waals surface area contributed by atoms with Gasteiger partial charge in [0.15, 0.2) is 0 Å². The minimum atomic E-state index is -3.65. The van der Waals surface area contributed by atoms with Crippen molar-refractivity contribution in [3.05, 3.63) is 90.0 Å². The molecule has 29 heavy (non-hydrogen) atoms. The summed E-state index contributed by atoms with van der Waals surface area (Å²) in [6.45, 7) is 0.133. The summed E-state index contributed by atoms with van der Waals surface area (Å²) in [6, 6.07) is 22.5. The zero-order valence-electron chi connectivity index (χ0n) is 15.7. The van der Waals surface area contributed by atoms with E-state index in [1.165, 1.54) is 0 Å². The van der Waals surface area contributed by atoms with Crippen molar-refractivity contribution in [2.24, 2.45) is 5.73 Å². The van der Waals surface area contributed by atoms with Crippen molar-refractivity contribution >= 4 is 16.0 Å². The van der Waals surface area contributed by atoms with Gasteiger partial charge in [-0.25, -0.2) is 13.1 Å². The number of carboxylic acid groups (broad SMARTS) is 1. The van der Waals surface area contributed by atoms with E-state index in [9.17, 15) is 13.2 Å². The predicted octanol–water partition coefficient (Wildman–Crippen LogP) is 2.79. The quantitative estimate of drug-likeness (QED) is 0.529. The molecule has 0 saturated heterocycles. The van der Waals surface area contributed by atoms with Crippen molar-refractivity contribution in [3.8, 4) is 11.1 Å². The number of aliphatic carboxylic acids is 1. The highest BCUT2D eigenvalue weighted by Crippen LogP contribution is 2.21. The maximum atomic E-state index is 12.5. The number of carboxylic acids is 1. The fourth-order valence-corrected chi connectivity index (χ4v) is 3.87. The van der Waals surface area contributed by atoms with Gasteiger partial charge in [0.2, 0.25) is 10.0 Å². The summed E-state index contributed by atoms with van der Waals surface area (Å²) in [5, 5.41) is 8.86. The molecule has 0 aromatic heterocycles. The lowest BCUT2D eigenvalue weighted by molar-refractivity contribution is -0.138. The van der Waals surface area contributed by atoms with Crippen molar-refractivity contribution < 1.29 is 18.3 Å². The molecule has 3 aromatic rings. The summed E-state index contributed by atoms with van der Waals surface area (Å²) in [6.07, 6.45) is 0.217. The van der Waals surface area contributed by atoms with Crippen LogP contribution in [0.1, 0.15) is 11.1 Å². The number of rotatable bonds is 8. The minimum Gasteiger partial charge on any atom is -0.480 e. The standard InChI is InChI=1S/C22H22N2O4S/c23-21(22(25)26)14-16-6-8-17(9-7-16)15-24-29(27,28)20-12-10-19(11-13-20)18-4-2-1-3-5-18/h1-13,21,24H,14-15,23H2,(H,25,26)/t21-/m0/s1. The van der Waals surface area contributed by atoms with Gasteiger partial charge in [-0.3, -0.25) is 4.79 Å². The second-order valence-electron chi connectivity index (χ2n) is 6.68. The van der Waals surface area contributed by atoms with E-state index in [4.69, 9.17) is 10.8 Å². The largest absolute Gasteiger partial charge is 0.480 e. The van der Waals surface area contributed by atoms with E-state index in [-0.39, 0.29) is 17.9 Å². The number of hydrogen-bond acceptors (Lipinski definition) is 4. The van der Waals surface area contributed by atoms with Crippen LogP contribution in [0.4, 0.5) is 0 Å². The second kappa shape index (κ2) is 9.00. The Morgan fingerprint density at radius 2 is 1.41 bits per heavy atom. The van der Waals surface area contributed by atoms with Crippen LogP contribution in [0.25, 0.3) is 11.1 Å². The first-order valence-corrected chi connectivity index (χ1v) is 10.5. The summed E-state index contributed by atoms with van der Waals surface area (Å²) in [7, 11) is -3.65. The van der Waals surface area contributed by atoms with Crippen LogP contribution in [-0.2, 0) is 27.8 Å². The van der Waals surface area contributed by atoms with Gasteiger partial charge in [0.1, 0.15) is 6.04 Å².